The van der Waals surface area contributed by atoms with E-state index in [0.29, 0.717) is 24.3 Å². The number of nitrogens with one attached hydrogen (secondary N) is 1. The maximum Gasteiger partial charge on any atom is 0.270 e. The van der Waals surface area contributed by atoms with Gasteiger partial charge in [-0.05, 0) is 19.9 Å². The SMILES string of the molecule is CC(=O)c1c[nH]c(C(=O)N2CC(C)(O)C2)c1. The van der Waals surface area contributed by atoms with Crippen LogP contribution in [0.15, 0.2) is 12.3 Å². The molecule has 0 bridgehead atoms. The fraction of sp³-hybridized carbons (Fsp3) is 0.455. The number of likely N-dealkylation sites (tertiary alicyclic amines) is 1. The highest BCUT2D eigenvalue weighted by Crippen LogP contribution is 2.21. The Kier molecular flexibility index (Phi) is 2.35. The van der Waals surface area contributed by atoms with Crippen LogP contribution in [-0.2, 0) is 0 Å². The first kappa shape index (κ1) is 10.9. The molecule has 0 aliphatic carbocycles. The molecule has 1 fully saturated rings. The van der Waals surface area contributed by atoms with E-state index in [4.69, 9.17) is 0 Å². The van der Waals surface area contributed by atoms with Crippen molar-refractivity contribution in [3.63, 3.8) is 0 Å². The Bertz CT molecular complexity index is 440. The van der Waals surface area contributed by atoms with E-state index in [-0.39, 0.29) is 11.7 Å². The van der Waals surface area contributed by atoms with Crippen molar-refractivity contribution in [3.8, 4) is 0 Å². The van der Waals surface area contributed by atoms with Gasteiger partial charge in [0.05, 0.1) is 18.7 Å². The van der Waals surface area contributed by atoms with Gasteiger partial charge in [0, 0.05) is 11.8 Å². The zero-order valence-electron chi connectivity index (χ0n) is 9.28. The van der Waals surface area contributed by atoms with Crippen LogP contribution in [0, 0.1) is 0 Å². The lowest BCUT2D eigenvalue weighted by atomic mass is 9.96. The Morgan fingerprint density at radius 2 is 2.12 bits per heavy atom. The summed E-state index contributed by atoms with van der Waals surface area (Å²) in [4.78, 5) is 27.2. The number of carbonyl (C=O) groups is 2. The Balaban J connectivity index is 2.08. The second kappa shape index (κ2) is 3.45. The van der Waals surface area contributed by atoms with E-state index in [0.717, 1.165) is 0 Å². The van der Waals surface area contributed by atoms with E-state index in [1.807, 2.05) is 0 Å². The topological polar surface area (TPSA) is 73.4 Å². The smallest absolute Gasteiger partial charge is 0.270 e. The fourth-order valence-corrected chi connectivity index (χ4v) is 1.81. The molecule has 2 heterocycles. The van der Waals surface area contributed by atoms with Crippen LogP contribution in [0.5, 0.6) is 0 Å². The summed E-state index contributed by atoms with van der Waals surface area (Å²) in [6.07, 6.45) is 1.52. The number of Topliss-reactive ketones (excluding diaryl/α,β-unsaturated/α-hetero) is 1. The molecular formula is C11H14N2O3. The molecule has 0 saturated carbocycles. The van der Waals surface area contributed by atoms with Crippen molar-refractivity contribution < 1.29 is 14.7 Å². The van der Waals surface area contributed by atoms with Crippen LogP contribution in [0.3, 0.4) is 0 Å². The number of aromatic nitrogens is 1. The molecule has 2 rings (SSSR count). The average molecular weight is 222 g/mol. The molecule has 0 aromatic carbocycles. The molecule has 1 amide bonds. The minimum absolute atomic E-state index is 0.0779. The molecule has 1 aromatic heterocycles. The number of rotatable bonds is 2. The van der Waals surface area contributed by atoms with Gasteiger partial charge in [0.1, 0.15) is 5.69 Å². The summed E-state index contributed by atoms with van der Waals surface area (Å²) >= 11 is 0. The molecule has 1 aliphatic rings. The van der Waals surface area contributed by atoms with E-state index < -0.39 is 5.60 Å². The molecule has 0 radical (unpaired) electrons. The summed E-state index contributed by atoms with van der Waals surface area (Å²) in [5, 5.41) is 9.51. The van der Waals surface area contributed by atoms with Gasteiger partial charge in [0.2, 0.25) is 0 Å². The zero-order chi connectivity index (χ0) is 11.9. The minimum Gasteiger partial charge on any atom is -0.386 e. The molecule has 5 nitrogen and oxygen atoms in total. The van der Waals surface area contributed by atoms with Crippen LogP contribution in [-0.4, -0.2) is 45.4 Å². The first-order chi connectivity index (χ1) is 7.39. The summed E-state index contributed by atoms with van der Waals surface area (Å²) in [5.74, 6) is -0.259. The molecule has 0 spiro atoms. The number of amides is 1. The third-order valence-corrected chi connectivity index (χ3v) is 2.67. The first-order valence-corrected chi connectivity index (χ1v) is 5.10. The molecule has 86 valence electrons. The highest BCUT2D eigenvalue weighted by Gasteiger charge is 2.40. The van der Waals surface area contributed by atoms with Crippen LogP contribution >= 0.6 is 0 Å². The van der Waals surface area contributed by atoms with Crippen molar-refractivity contribution in [1.82, 2.24) is 9.88 Å². The van der Waals surface area contributed by atoms with Crippen molar-refractivity contribution in [2.24, 2.45) is 0 Å². The van der Waals surface area contributed by atoms with E-state index in [9.17, 15) is 14.7 Å². The number of aliphatic hydroxyl groups is 1. The first-order valence-electron chi connectivity index (χ1n) is 5.10. The number of β-amino-alcohol motifs (C(OH)–C–C–N with tert-alkyl or cyclic N) is 1. The Morgan fingerprint density at radius 3 is 2.56 bits per heavy atom. The molecule has 1 saturated heterocycles. The van der Waals surface area contributed by atoms with E-state index >= 15 is 0 Å². The van der Waals surface area contributed by atoms with Crippen molar-refractivity contribution in [2.45, 2.75) is 19.4 Å². The number of nitrogens with zero attached hydrogens (tertiary/aromatic N) is 1. The molecular weight excluding hydrogens is 208 g/mol. The maximum absolute atomic E-state index is 11.8. The molecule has 5 heteroatoms. The summed E-state index contributed by atoms with van der Waals surface area (Å²) < 4.78 is 0. The van der Waals surface area contributed by atoms with Crippen LogP contribution in [0.4, 0.5) is 0 Å². The summed E-state index contributed by atoms with van der Waals surface area (Å²) in [7, 11) is 0. The predicted octanol–water partition coefficient (Wildman–Crippen LogP) is 0.424. The van der Waals surface area contributed by atoms with Gasteiger partial charge in [-0.2, -0.15) is 0 Å². The number of carbonyl (C=O) groups excluding carboxylic acids is 2. The van der Waals surface area contributed by atoms with Crippen LogP contribution in [0.1, 0.15) is 34.7 Å². The number of hydrogen-bond acceptors (Lipinski definition) is 3. The van der Waals surface area contributed by atoms with Gasteiger partial charge < -0.3 is 15.0 Å². The molecule has 0 unspecified atom stereocenters. The van der Waals surface area contributed by atoms with Gasteiger partial charge >= 0.3 is 0 Å². The van der Waals surface area contributed by atoms with Crippen LogP contribution in [0.25, 0.3) is 0 Å². The van der Waals surface area contributed by atoms with Crippen molar-refractivity contribution in [2.75, 3.05) is 13.1 Å². The number of aromatic amines is 1. The maximum atomic E-state index is 11.8. The van der Waals surface area contributed by atoms with E-state index in [2.05, 4.69) is 4.98 Å². The lowest BCUT2D eigenvalue weighted by Crippen LogP contribution is -2.61. The third-order valence-electron chi connectivity index (χ3n) is 2.67. The highest BCUT2D eigenvalue weighted by atomic mass is 16.3. The number of hydrogen-bond donors (Lipinski definition) is 2. The van der Waals surface area contributed by atoms with Crippen molar-refractivity contribution in [1.29, 1.82) is 0 Å². The van der Waals surface area contributed by atoms with Gasteiger partial charge in [0.15, 0.2) is 5.78 Å². The predicted molar refractivity (Wildman–Crippen MR) is 57.3 cm³/mol. The van der Waals surface area contributed by atoms with Crippen molar-refractivity contribution >= 4 is 11.7 Å². The van der Waals surface area contributed by atoms with E-state index in [1.54, 1.807) is 6.92 Å². The molecule has 2 N–H and O–H groups in total. The van der Waals surface area contributed by atoms with Gasteiger partial charge in [-0.15, -0.1) is 0 Å². The van der Waals surface area contributed by atoms with Gasteiger partial charge in [-0.25, -0.2) is 0 Å². The summed E-state index contributed by atoms with van der Waals surface area (Å²) in [5.41, 5.74) is 0.113. The lowest BCUT2D eigenvalue weighted by molar-refractivity contribution is -0.0670. The normalized spacial score (nSPS) is 18.1. The second-order valence-corrected chi connectivity index (χ2v) is 4.52. The fourth-order valence-electron chi connectivity index (χ4n) is 1.81. The average Bonchev–Trinajstić information content (AvgIpc) is 2.61. The van der Waals surface area contributed by atoms with Crippen LogP contribution < -0.4 is 0 Å². The quantitative estimate of drug-likeness (QED) is 0.712. The summed E-state index contributed by atoms with van der Waals surface area (Å²) in [6, 6.07) is 1.54. The van der Waals surface area contributed by atoms with Crippen LogP contribution in [0.2, 0.25) is 0 Å². The monoisotopic (exact) mass is 222 g/mol. The largest absolute Gasteiger partial charge is 0.386 e. The minimum atomic E-state index is -0.772. The Morgan fingerprint density at radius 1 is 1.50 bits per heavy atom. The highest BCUT2D eigenvalue weighted by molar-refractivity contribution is 5.99. The standard InChI is InChI=1S/C11H14N2O3/c1-7(14)8-3-9(12-4-8)10(15)13-5-11(2,16)6-13/h3-4,12,16H,5-6H2,1-2H3. The molecule has 0 atom stereocenters. The molecule has 1 aromatic rings. The molecule has 1 aliphatic heterocycles. The molecule has 16 heavy (non-hydrogen) atoms. The lowest BCUT2D eigenvalue weighted by Gasteiger charge is -2.43. The third kappa shape index (κ3) is 1.86. The van der Waals surface area contributed by atoms with E-state index in [1.165, 1.54) is 24.1 Å². The Labute approximate surface area is 93.1 Å². The second-order valence-electron chi connectivity index (χ2n) is 4.52. The van der Waals surface area contributed by atoms with Crippen molar-refractivity contribution in [3.05, 3.63) is 23.5 Å². The van der Waals surface area contributed by atoms with Gasteiger partial charge in [0.25, 0.3) is 5.91 Å². The Hall–Kier alpha value is -1.62. The number of ketones is 1. The number of H-pyrrole nitrogens is 1. The summed E-state index contributed by atoms with van der Waals surface area (Å²) in [6.45, 7) is 3.80. The van der Waals surface area contributed by atoms with Gasteiger partial charge in [-0.1, -0.05) is 0 Å². The zero-order valence-corrected chi connectivity index (χ0v) is 9.28. The van der Waals surface area contributed by atoms with Gasteiger partial charge in [-0.3, -0.25) is 9.59 Å².